The van der Waals surface area contributed by atoms with Crippen LogP contribution in [0.2, 0.25) is 0 Å². The highest BCUT2D eigenvalue weighted by Crippen LogP contribution is 2.11. The molecule has 0 bridgehead atoms. The number of carbonyl (C=O) groups is 2. The van der Waals surface area contributed by atoms with Crippen molar-refractivity contribution in [2.24, 2.45) is 0 Å². The fraction of sp³-hybridized carbons (Fsp3) is 0.500. The lowest BCUT2D eigenvalue weighted by Crippen LogP contribution is -2.34. The molecule has 7 heteroatoms. The summed E-state index contributed by atoms with van der Waals surface area (Å²) >= 11 is 6.66. The first kappa shape index (κ1) is 18.1. The number of carbonyl (C=O) groups excluding carboxylic acids is 2. The number of pyridine rings is 1. The van der Waals surface area contributed by atoms with E-state index in [-0.39, 0.29) is 16.9 Å². The van der Waals surface area contributed by atoms with Gasteiger partial charge in [-0.3, -0.25) is 9.59 Å². The normalized spacial score (nSPS) is 11.8. The Bertz CT molecular complexity index is 466. The predicted octanol–water partition coefficient (Wildman–Crippen LogP) is 2.76. The Labute approximate surface area is 141 Å². The van der Waals surface area contributed by atoms with Gasteiger partial charge in [0.15, 0.2) is 24.0 Å². The van der Waals surface area contributed by atoms with Crippen LogP contribution in [0.1, 0.15) is 26.2 Å². The number of esters is 1. The number of hydrogen-bond donors (Lipinski definition) is 1. The zero-order chi connectivity index (χ0) is 15.7. The van der Waals surface area contributed by atoms with Crippen molar-refractivity contribution < 1.29 is 18.9 Å². The minimum Gasteiger partial charge on any atom is -0.451 e. The molecular weight excluding hydrogens is 404 g/mol. The molecule has 1 unspecified atom stereocenters. The van der Waals surface area contributed by atoms with Crippen molar-refractivity contribution >= 4 is 49.4 Å². The quantitative estimate of drug-likeness (QED) is 0.398. The molecule has 1 atom stereocenters. The van der Waals surface area contributed by atoms with Crippen molar-refractivity contribution in [1.29, 1.82) is 0 Å². The van der Waals surface area contributed by atoms with Crippen molar-refractivity contribution in [3.8, 4) is 0 Å². The molecule has 0 spiro atoms. The van der Waals surface area contributed by atoms with E-state index in [1.54, 1.807) is 12.1 Å². The third-order valence-corrected chi connectivity index (χ3v) is 3.82. The van der Waals surface area contributed by atoms with Crippen molar-refractivity contribution in [2.45, 2.75) is 37.7 Å². The average molecular weight is 423 g/mol. The maximum Gasteiger partial charge on any atom is 0.313 e. The summed E-state index contributed by atoms with van der Waals surface area (Å²) in [5.74, 6) is -0.340. The number of alkyl halides is 2. The second-order valence-electron chi connectivity index (χ2n) is 4.49. The monoisotopic (exact) mass is 421 g/mol. The summed E-state index contributed by atoms with van der Waals surface area (Å²) in [5.41, 5.74) is 0.733. The van der Waals surface area contributed by atoms with Crippen molar-refractivity contribution in [1.82, 2.24) is 0 Å². The first-order valence-corrected chi connectivity index (χ1v) is 8.71. The molecule has 0 aliphatic heterocycles. The molecule has 116 valence electrons. The van der Waals surface area contributed by atoms with E-state index < -0.39 is 0 Å². The highest BCUT2D eigenvalue weighted by atomic mass is 79.9. The molecule has 0 radical (unpaired) electrons. The molecule has 0 fully saturated rings. The number of rotatable bonds is 8. The van der Waals surface area contributed by atoms with E-state index in [0.29, 0.717) is 13.0 Å². The Morgan fingerprint density at radius 2 is 2.05 bits per heavy atom. The predicted molar refractivity (Wildman–Crippen MR) is 87.4 cm³/mol. The molecule has 0 saturated heterocycles. The van der Waals surface area contributed by atoms with Crippen LogP contribution in [-0.4, -0.2) is 22.2 Å². The lowest BCUT2D eigenvalue weighted by molar-refractivity contribution is -0.695. The fourth-order valence-electron chi connectivity index (χ4n) is 1.61. The van der Waals surface area contributed by atoms with E-state index in [4.69, 9.17) is 4.74 Å². The number of anilines is 1. The second-order valence-corrected chi connectivity index (χ2v) is 6.30. The first-order chi connectivity index (χ1) is 10.0. The van der Waals surface area contributed by atoms with Gasteiger partial charge in [0.05, 0.1) is 5.69 Å². The fourth-order valence-corrected chi connectivity index (χ4v) is 2.47. The Hall–Kier alpha value is -0.950. The van der Waals surface area contributed by atoms with Crippen LogP contribution in [0, 0.1) is 0 Å². The third-order valence-electron chi connectivity index (χ3n) is 2.61. The van der Waals surface area contributed by atoms with Crippen molar-refractivity contribution in [3.63, 3.8) is 0 Å². The number of ether oxygens (including phenoxy) is 1. The summed E-state index contributed by atoms with van der Waals surface area (Å²) in [7, 11) is 0. The summed E-state index contributed by atoms with van der Waals surface area (Å²) < 4.78 is 7.11. The molecule has 0 aliphatic rings. The summed E-state index contributed by atoms with van der Waals surface area (Å²) in [5, 5.41) is 3.35. The van der Waals surface area contributed by atoms with Gasteiger partial charge in [0.25, 0.3) is 0 Å². The molecule has 0 aromatic carbocycles. The van der Waals surface area contributed by atoms with Crippen LogP contribution in [0.15, 0.2) is 24.5 Å². The highest BCUT2D eigenvalue weighted by molar-refractivity contribution is 9.09. The third kappa shape index (κ3) is 8.16. The van der Waals surface area contributed by atoms with Gasteiger partial charge in [-0.1, -0.05) is 15.9 Å². The van der Waals surface area contributed by atoms with E-state index in [2.05, 4.69) is 37.2 Å². The second kappa shape index (κ2) is 9.89. The van der Waals surface area contributed by atoms with Crippen LogP contribution in [0.4, 0.5) is 5.69 Å². The minimum absolute atomic E-state index is 0.108. The van der Waals surface area contributed by atoms with Gasteiger partial charge in [0.2, 0.25) is 5.91 Å². The van der Waals surface area contributed by atoms with Crippen LogP contribution in [0.5, 0.6) is 0 Å². The lowest BCUT2D eigenvalue weighted by Gasteiger charge is -2.09. The summed E-state index contributed by atoms with van der Waals surface area (Å²) in [6.45, 7) is 2.00. The molecule has 0 saturated carbocycles. The van der Waals surface area contributed by atoms with Crippen LogP contribution in [-0.2, 0) is 20.9 Å². The Kier molecular flexibility index (Phi) is 8.52. The van der Waals surface area contributed by atoms with Crippen LogP contribution >= 0.6 is 31.9 Å². The molecule has 1 heterocycles. The topological polar surface area (TPSA) is 59.3 Å². The van der Waals surface area contributed by atoms with Crippen molar-refractivity contribution in [3.05, 3.63) is 24.5 Å². The van der Waals surface area contributed by atoms with Gasteiger partial charge in [-0.2, -0.15) is 0 Å². The number of amides is 1. The molecule has 1 N–H and O–H groups in total. The Morgan fingerprint density at radius 3 is 2.62 bits per heavy atom. The number of hydrogen-bond acceptors (Lipinski definition) is 3. The minimum atomic E-state index is -0.232. The van der Waals surface area contributed by atoms with E-state index in [1.807, 2.05) is 17.0 Å². The largest absolute Gasteiger partial charge is 0.451 e. The van der Waals surface area contributed by atoms with E-state index in [0.717, 1.165) is 23.9 Å². The average Bonchev–Trinajstić information content (AvgIpc) is 2.44. The summed E-state index contributed by atoms with van der Waals surface area (Å²) in [6, 6.07) is 3.58. The van der Waals surface area contributed by atoms with Gasteiger partial charge in [0.1, 0.15) is 6.42 Å². The molecule has 1 aromatic rings. The molecular formula is C14H19Br2N2O3+. The van der Waals surface area contributed by atoms with Gasteiger partial charge >= 0.3 is 5.97 Å². The number of nitrogens with zero attached hydrogens (tertiary/aromatic N) is 1. The summed E-state index contributed by atoms with van der Waals surface area (Å²) in [4.78, 5) is 22.6. The maximum absolute atomic E-state index is 11.7. The lowest BCUT2D eigenvalue weighted by atomic mass is 10.3. The van der Waals surface area contributed by atoms with Crippen LogP contribution in [0.3, 0.4) is 0 Å². The van der Waals surface area contributed by atoms with E-state index in [9.17, 15) is 9.59 Å². The Balaban J connectivity index is 2.34. The molecule has 21 heavy (non-hydrogen) atoms. The SMILES string of the molecule is CC(=O)Nc1cc[n+](CCC(=O)OC(Br)CCCBr)cc1. The summed E-state index contributed by atoms with van der Waals surface area (Å²) in [6.07, 6.45) is 5.67. The standard InChI is InChI=1S/C14H18Br2N2O3/c1-11(19)17-12-4-8-18(9-5-12)10-6-14(20)21-13(16)3-2-7-15/h4-5,8-9,13H,2-3,6-7,10H2,1H3/p+1. The van der Waals surface area contributed by atoms with Gasteiger partial charge in [-0.15, -0.1) is 0 Å². The molecule has 5 nitrogen and oxygen atoms in total. The zero-order valence-corrected chi connectivity index (χ0v) is 15.0. The van der Waals surface area contributed by atoms with Gasteiger partial charge in [-0.05, 0) is 28.8 Å². The number of nitrogens with one attached hydrogen (secondary N) is 1. The van der Waals surface area contributed by atoms with Crippen LogP contribution in [0.25, 0.3) is 0 Å². The highest BCUT2D eigenvalue weighted by Gasteiger charge is 2.13. The number of aryl methyl sites for hydroxylation is 1. The molecule has 0 aliphatic carbocycles. The Morgan fingerprint density at radius 1 is 1.38 bits per heavy atom. The van der Waals surface area contributed by atoms with Gasteiger partial charge < -0.3 is 10.1 Å². The number of aromatic nitrogens is 1. The van der Waals surface area contributed by atoms with Gasteiger partial charge in [-0.25, -0.2) is 4.57 Å². The smallest absolute Gasteiger partial charge is 0.313 e. The van der Waals surface area contributed by atoms with Gasteiger partial charge in [0, 0.05) is 24.4 Å². The van der Waals surface area contributed by atoms with Crippen LogP contribution < -0.4 is 9.88 Å². The van der Waals surface area contributed by atoms with E-state index >= 15 is 0 Å². The molecule has 1 rings (SSSR count). The molecule has 1 amide bonds. The maximum atomic E-state index is 11.7. The first-order valence-electron chi connectivity index (χ1n) is 6.67. The molecule has 1 aromatic heterocycles. The number of halogens is 2. The van der Waals surface area contributed by atoms with Crippen molar-refractivity contribution in [2.75, 3.05) is 10.6 Å². The zero-order valence-electron chi connectivity index (χ0n) is 11.9. The van der Waals surface area contributed by atoms with E-state index in [1.165, 1.54) is 6.92 Å².